The summed E-state index contributed by atoms with van der Waals surface area (Å²) in [6, 6.07) is 4.57. The number of rotatable bonds is 7. The molecule has 0 spiro atoms. The Morgan fingerprint density at radius 1 is 0.950 bits per heavy atom. The van der Waals surface area contributed by atoms with E-state index >= 15 is 0 Å². The number of aliphatic hydroxyl groups is 2. The van der Waals surface area contributed by atoms with Gasteiger partial charge in [0.05, 0.1) is 18.1 Å². The minimum absolute atomic E-state index is 0.0362. The Hall–Kier alpha value is -2.29. The number of benzene rings is 2. The molecular weight excluding hydrogens is 574 g/mol. The van der Waals surface area contributed by atoms with Crippen molar-refractivity contribution in [2.75, 3.05) is 26.3 Å². The lowest BCUT2D eigenvalue weighted by atomic mass is 9.76. The number of halogens is 8. The van der Waals surface area contributed by atoms with E-state index in [4.69, 9.17) is 0 Å². The van der Waals surface area contributed by atoms with Crippen molar-refractivity contribution in [3.05, 3.63) is 65.0 Å². The minimum atomic E-state index is -6.34. The lowest BCUT2D eigenvalue weighted by Gasteiger charge is -2.44. The molecule has 1 heterocycles. The van der Waals surface area contributed by atoms with Gasteiger partial charge in [-0.05, 0) is 54.7 Å². The second kappa shape index (κ2) is 9.92. The standard InChI is InChI=1S/C26H27F8NO4S/c1-22(14-36,15-37)13-35-11-10-23(40(38,39)19-6-4-18(27)5-7-19)20-8-3-17(12-16(20)2-9-21(23)35)24(28,25(29,30)31)26(32,33)34/h3-8,12,21,36-37H,2,9-11,13-15H2,1H3/t21-,23-/m1/s1. The van der Waals surface area contributed by atoms with Crippen molar-refractivity contribution in [1.82, 2.24) is 4.90 Å². The molecule has 14 heteroatoms. The summed E-state index contributed by atoms with van der Waals surface area (Å²) in [5.74, 6) is -0.727. The number of likely N-dealkylation sites (tertiary alicyclic amines) is 1. The maximum atomic E-state index is 14.9. The van der Waals surface area contributed by atoms with E-state index in [2.05, 4.69) is 0 Å². The molecule has 0 amide bonds. The predicted molar refractivity (Wildman–Crippen MR) is 127 cm³/mol. The Morgan fingerprint density at radius 3 is 2.05 bits per heavy atom. The van der Waals surface area contributed by atoms with Gasteiger partial charge in [-0.25, -0.2) is 17.2 Å². The molecule has 40 heavy (non-hydrogen) atoms. The van der Waals surface area contributed by atoms with Gasteiger partial charge in [0.25, 0.3) is 0 Å². The third kappa shape index (κ3) is 4.51. The van der Waals surface area contributed by atoms with Crippen LogP contribution < -0.4 is 0 Å². The van der Waals surface area contributed by atoms with Crippen LogP contribution in [0.3, 0.4) is 0 Å². The van der Waals surface area contributed by atoms with Crippen LogP contribution in [0.2, 0.25) is 0 Å². The lowest BCUT2D eigenvalue weighted by Crippen LogP contribution is -2.53. The summed E-state index contributed by atoms with van der Waals surface area (Å²) >= 11 is 0. The van der Waals surface area contributed by atoms with Crippen LogP contribution in [0.25, 0.3) is 0 Å². The van der Waals surface area contributed by atoms with Crippen molar-refractivity contribution in [1.29, 1.82) is 0 Å². The van der Waals surface area contributed by atoms with Gasteiger partial charge in [0.2, 0.25) is 0 Å². The monoisotopic (exact) mass is 601 g/mol. The molecule has 2 atom stereocenters. The molecule has 2 aromatic rings. The molecule has 1 aliphatic heterocycles. The maximum absolute atomic E-state index is 14.9. The largest absolute Gasteiger partial charge is 0.435 e. The van der Waals surface area contributed by atoms with Gasteiger partial charge in [0.15, 0.2) is 9.84 Å². The van der Waals surface area contributed by atoms with Gasteiger partial charge in [0, 0.05) is 30.1 Å². The van der Waals surface area contributed by atoms with Gasteiger partial charge < -0.3 is 10.2 Å². The average Bonchev–Trinajstić information content (AvgIpc) is 3.26. The molecule has 2 aliphatic rings. The Morgan fingerprint density at radius 2 is 1.52 bits per heavy atom. The van der Waals surface area contributed by atoms with Crippen molar-refractivity contribution in [2.45, 2.75) is 59.9 Å². The summed E-state index contributed by atoms with van der Waals surface area (Å²) in [5.41, 5.74) is -8.68. The molecule has 0 radical (unpaired) electrons. The summed E-state index contributed by atoms with van der Waals surface area (Å²) in [6.45, 7) is 0.809. The van der Waals surface area contributed by atoms with E-state index in [1.807, 2.05) is 0 Å². The average molecular weight is 602 g/mol. The van der Waals surface area contributed by atoms with Gasteiger partial charge >= 0.3 is 18.0 Å². The fraction of sp³-hybridized carbons (Fsp3) is 0.538. The van der Waals surface area contributed by atoms with Crippen LogP contribution in [0.4, 0.5) is 35.1 Å². The van der Waals surface area contributed by atoms with Crippen molar-refractivity contribution < 1.29 is 53.8 Å². The van der Waals surface area contributed by atoms with Gasteiger partial charge in [0.1, 0.15) is 10.6 Å². The summed E-state index contributed by atoms with van der Waals surface area (Å²) < 4.78 is 136. The zero-order valence-corrected chi connectivity index (χ0v) is 22.0. The zero-order valence-electron chi connectivity index (χ0n) is 21.2. The first-order valence-corrected chi connectivity index (χ1v) is 13.8. The van der Waals surface area contributed by atoms with Crippen molar-refractivity contribution >= 4 is 9.84 Å². The second-order valence-electron chi connectivity index (χ2n) is 10.8. The number of aryl methyl sites for hydroxylation is 1. The highest BCUT2D eigenvalue weighted by Crippen LogP contribution is 2.56. The zero-order chi connectivity index (χ0) is 29.9. The van der Waals surface area contributed by atoms with E-state index < -0.39 is 68.7 Å². The molecule has 2 N–H and O–H groups in total. The van der Waals surface area contributed by atoms with Gasteiger partial charge in [-0.1, -0.05) is 25.1 Å². The first-order valence-electron chi connectivity index (χ1n) is 12.3. The number of aliphatic hydroxyl groups excluding tert-OH is 2. The highest BCUT2D eigenvalue weighted by atomic mass is 32.2. The summed E-state index contributed by atoms with van der Waals surface area (Å²) in [4.78, 5) is 1.41. The Kier molecular flexibility index (Phi) is 7.60. The number of alkyl halides is 7. The smallest absolute Gasteiger partial charge is 0.396 e. The van der Waals surface area contributed by atoms with E-state index in [0.717, 1.165) is 30.3 Å². The number of nitrogens with zero attached hydrogens (tertiary/aromatic N) is 1. The fourth-order valence-electron chi connectivity index (χ4n) is 5.98. The molecule has 5 nitrogen and oxygen atoms in total. The predicted octanol–water partition coefficient (Wildman–Crippen LogP) is 4.80. The van der Waals surface area contributed by atoms with Crippen LogP contribution >= 0.6 is 0 Å². The van der Waals surface area contributed by atoms with E-state index in [0.29, 0.717) is 12.1 Å². The highest BCUT2D eigenvalue weighted by molar-refractivity contribution is 7.92. The Labute approximate surface area is 225 Å². The molecule has 0 saturated carbocycles. The topological polar surface area (TPSA) is 77.8 Å². The first-order chi connectivity index (χ1) is 18.4. The van der Waals surface area contributed by atoms with E-state index in [1.54, 1.807) is 11.8 Å². The molecule has 0 aromatic heterocycles. The summed E-state index contributed by atoms with van der Waals surface area (Å²) in [6.07, 6.45) is -13.0. The van der Waals surface area contributed by atoms with Crippen molar-refractivity contribution in [2.24, 2.45) is 5.41 Å². The van der Waals surface area contributed by atoms with Crippen LogP contribution in [0, 0.1) is 11.2 Å². The quantitative estimate of drug-likeness (QED) is 0.353. The number of hydrogen-bond donors (Lipinski definition) is 2. The normalized spacial score (nSPS) is 22.7. The van der Waals surface area contributed by atoms with Crippen LogP contribution in [-0.4, -0.2) is 68.2 Å². The third-order valence-electron chi connectivity index (χ3n) is 8.13. The molecule has 1 saturated heterocycles. The van der Waals surface area contributed by atoms with E-state index in [-0.39, 0.29) is 48.4 Å². The fourth-order valence-corrected chi connectivity index (χ4v) is 8.37. The van der Waals surface area contributed by atoms with Gasteiger partial charge in [-0.15, -0.1) is 0 Å². The first kappa shape index (κ1) is 30.7. The molecule has 222 valence electrons. The van der Waals surface area contributed by atoms with Crippen LogP contribution in [0.5, 0.6) is 0 Å². The lowest BCUT2D eigenvalue weighted by molar-refractivity contribution is -0.348. The molecule has 1 aliphatic carbocycles. The number of fused-ring (bicyclic) bond motifs is 3. The summed E-state index contributed by atoms with van der Waals surface area (Å²) in [5, 5.41) is 19.6. The van der Waals surface area contributed by atoms with Gasteiger partial charge in [-0.3, -0.25) is 4.90 Å². The number of sulfone groups is 1. The maximum Gasteiger partial charge on any atom is 0.435 e. The minimum Gasteiger partial charge on any atom is -0.396 e. The van der Waals surface area contributed by atoms with Crippen LogP contribution in [-0.2, 0) is 26.7 Å². The van der Waals surface area contributed by atoms with Crippen molar-refractivity contribution in [3.8, 4) is 0 Å². The SMILES string of the molecule is CC(CO)(CO)CN1CC[C@@]2(S(=O)(=O)c3ccc(F)cc3)c3ccc(C(F)(C(F)(F)F)C(F)(F)F)cc3CC[C@@H]12. The third-order valence-corrected chi connectivity index (χ3v) is 10.7. The van der Waals surface area contributed by atoms with Gasteiger partial charge in [-0.2, -0.15) is 26.3 Å². The second-order valence-corrected chi connectivity index (χ2v) is 13.0. The molecular formula is C26H27F8NO4S. The molecule has 0 bridgehead atoms. The molecule has 0 unspecified atom stereocenters. The van der Waals surface area contributed by atoms with Crippen LogP contribution in [0.1, 0.15) is 36.5 Å². The van der Waals surface area contributed by atoms with Crippen molar-refractivity contribution in [3.63, 3.8) is 0 Å². The summed E-state index contributed by atoms with van der Waals surface area (Å²) in [7, 11) is -4.47. The Balaban J connectivity index is 1.93. The molecule has 2 aromatic carbocycles. The number of hydrogen-bond acceptors (Lipinski definition) is 5. The van der Waals surface area contributed by atoms with E-state index in [1.165, 1.54) is 0 Å². The van der Waals surface area contributed by atoms with E-state index in [9.17, 15) is 53.8 Å². The molecule has 4 rings (SSSR count). The Bertz CT molecular complexity index is 1340. The molecule has 1 fully saturated rings. The highest BCUT2D eigenvalue weighted by Gasteiger charge is 2.73. The van der Waals surface area contributed by atoms with Crippen LogP contribution in [0.15, 0.2) is 47.4 Å².